The minimum Gasteiger partial charge on any atom is -0.481 e. The van der Waals surface area contributed by atoms with E-state index >= 15 is 0 Å². The summed E-state index contributed by atoms with van der Waals surface area (Å²) in [4.78, 5) is 14.3. The van der Waals surface area contributed by atoms with Crippen LogP contribution in [0.2, 0.25) is 0 Å². The third-order valence-electron chi connectivity index (χ3n) is 4.30. The van der Waals surface area contributed by atoms with Gasteiger partial charge in [-0.25, -0.2) is 13.6 Å². The first-order valence-corrected chi connectivity index (χ1v) is 9.77. The van der Waals surface area contributed by atoms with E-state index in [0.29, 0.717) is 5.75 Å². The summed E-state index contributed by atoms with van der Waals surface area (Å²) in [7, 11) is -2.04. The van der Waals surface area contributed by atoms with E-state index in [9.17, 15) is 13.2 Å². The van der Waals surface area contributed by atoms with Crippen molar-refractivity contribution in [2.75, 3.05) is 7.05 Å². The van der Waals surface area contributed by atoms with Crippen LogP contribution in [0.1, 0.15) is 31.0 Å². The van der Waals surface area contributed by atoms with Crippen molar-refractivity contribution in [1.29, 1.82) is 0 Å². The van der Waals surface area contributed by atoms with Crippen LogP contribution in [0.25, 0.3) is 0 Å². The van der Waals surface area contributed by atoms with Crippen LogP contribution in [0.15, 0.2) is 53.4 Å². The SMILES string of the molecule is Cc1ccc(OC(C)C(=O)N(C)C(C)c2ccc(S(N)(=O)=O)cc2)cc1. The van der Waals surface area contributed by atoms with E-state index in [0.717, 1.165) is 11.1 Å². The van der Waals surface area contributed by atoms with E-state index < -0.39 is 16.1 Å². The Balaban J connectivity index is 2.07. The summed E-state index contributed by atoms with van der Waals surface area (Å²) in [5.41, 5.74) is 1.92. The zero-order chi connectivity index (χ0) is 19.5. The molecular formula is C19H24N2O4S. The zero-order valence-corrected chi connectivity index (χ0v) is 16.2. The van der Waals surface area contributed by atoms with Crippen molar-refractivity contribution in [3.05, 3.63) is 59.7 Å². The first kappa shape index (κ1) is 19.9. The molecule has 2 rings (SSSR count). The Hall–Kier alpha value is -2.38. The van der Waals surface area contributed by atoms with E-state index in [4.69, 9.17) is 9.88 Å². The molecule has 0 spiro atoms. The lowest BCUT2D eigenvalue weighted by Crippen LogP contribution is -2.39. The van der Waals surface area contributed by atoms with Gasteiger partial charge >= 0.3 is 0 Å². The van der Waals surface area contributed by atoms with Gasteiger partial charge in [-0.15, -0.1) is 0 Å². The average Bonchev–Trinajstić information content (AvgIpc) is 2.61. The molecule has 2 N–H and O–H groups in total. The molecule has 26 heavy (non-hydrogen) atoms. The van der Waals surface area contributed by atoms with E-state index in [2.05, 4.69) is 0 Å². The van der Waals surface area contributed by atoms with Crippen LogP contribution in [0.3, 0.4) is 0 Å². The van der Waals surface area contributed by atoms with Crippen molar-refractivity contribution in [3.8, 4) is 5.75 Å². The number of primary sulfonamides is 1. The van der Waals surface area contributed by atoms with Gasteiger partial charge in [-0.1, -0.05) is 29.8 Å². The fourth-order valence-electron chi connectivity index (χ4n) is 2.51. The Bertz CT molecular complexity index is 861. The van der Waals surface area contributed by atoms with E-state index in [1.807, 2.05) is 38.1 Å². The number of aryl methyl sites for hydroxylation is 1. The van der Waals surface area contributed by atoms with Crippen molar-refractivity contribution in [2.45, 2.75) is 37.8 Å². The minimum absolute atomic E-state index is 0.0403. The first-order chi connectivity index (χ1) is 12.1. The lowest BCUT2D eigenvalue weighted by molar-refractivity contribution is -0.138. The molecule has 0 fully saturated rings. The van der Waals surface area contributed by atoms with Gasteiger partial charge in [0.25, 0.3) is 5.91 Å². The predicted molar refractivity (Wildman–Crippen MR) is 100 cm³/mol. The van der Waals surface area contributed by atoms with E-state index in [-0.39, 0.29) is 16.8 Å². The Labute approximate surface area is 154 Å². The number of rotatable bonds is 6. The number of hydrogen-bond donors (Lipinski definition) is 1. The maximum absolute atomic E-state index is 12.6. The molecule has 2 aromatic carbocycles. The number of hydrogen-bond acceptors (Lipinski definition) is 4. The molecule has 0 aromatic heterocycles. The van der Waals surface area contributed by atoms with Crippen molar-refractivity contribution in [2.24, 2.45) is 5.14 Å². The average molecular weight is 376 g/mol. The highest BCUT2D eigenvalue weighted by atomic mass is 32.2. The first-order valence-electron chi connectivity index (χ1n) is 8.22. The molecule has 2 unspecified atom stereocenters. The third-order valence-corrected chi connectivity index (χ3v) is 5.23. The number of carbonyl (C=O) groups excluding carboxylic acids is 1. The van der Waals surface area contributed by atoms with Gasteiger partial charge in [-0.2, -0.15) is 0 Å². The standard InChI is InChI=1S/C19H24N2O4S/c1-13-5-9-17(10-6-13)25-15(3)19(22)21(4)14(2)16-7-11-18(12-8-16)26(20,23)24/h5-12,14-15H,1-4H3,(H2,20,23,24). The van der Waals surface area contributed by atoms with Gasteiger partial charge in [0.15, 0.2) is 6.10 Å². The smallest absolute Gasteiger partial charge is 0.263 e. The molecule has 0 saturated carbocycles. The zero-order valence-electron chi connectivity index (χ0n) is 15.3. The van der Waals surface area contributed by atoms with Gasteiger partial charge in [0.2, 0.25) is 10.0 Å². The second-order valence-corrected chi connectivity index (χ2v) is 7.87. The highest BCUT2D eigenvalue weighted by Gasteiger charge is 2.24. The molecule has 7 heteroatoms. The lowest BCUT2D eigenvalue weighted by atomic mass is 10.1. The number of carbonyl (C=O) groups is 1. The third kappa shape index (κ3) is 4.83. The van der Waals surface area contributed by atoms with Crippen molar-refractivity contribution in [3.63, 3.8) is 0 Å². The number of benzene rings is 2. The van der Waals surface area contributed by atoms with Crippen molar-refractivity contribution >= 4 is 15.9 Å². The second-order valence-electron chi connectivity index (χ2n) is 6.31. The van der Waals surface area contributed by atoms with E-state index in [1.54, 1.807) is 31.0 Å². The van der Waals surface area contributed by atoms with Gasteiger partial charge in [0.1, 0.15) is 5.75 Å². The Morgan fingerprint density at radius 1 is 1.04 bits per heavy atom. The Kier molecular flexibility index (Phi) is 6.05. The van der Waals surface area contributed by atoms with Crippen molar-refractivity contribution in [1.82, 2.24) is 4.90 Å². The van der Waals surface area contributed by atoms with Crippen LogP contribution in [0, 0.1) is 6.92 Å². The largest absolute Gasteiger partial charge is 0.481 e. The predicted octanol–water partition coefficient (Wildman–Crippen LogP) is 2.63. The number of amides is 1. The van der Waals surface area contributed by atoms with Gasteiger partial charge in [-0.3, -0.25) is 4.79 Å². The number of likely N-dealkylation sites (N-methyl/N-ethyl adjacent to an activating group) is 1. The number of sulfonamides is 1. The summed E-state index contributed by atoms with van der Waals surface area (Å²) in [5, 5.41) is 5.10. The van der Waals surface area contributed by atoms with Crippen LogP contribution < -0.4 is 9.88 Å². The summed E-state index contributed by atoms with van der Waals surface area (Å²) in [5.74, 6) is 0.462. The topological polar surface area (TPSA) is 89.7 Å². The Morgan fingerprint density at radius 3 is 2.08 bits per heavy atom. The van der Waals surface area contributed by atoms with Gasteiger partial charge in [0.05, 0.1) is 10.9 Å². The molecule has 0 aliphatic heterocycles. The molecule has 6 nitrogen and oxygen atoms in total. The molecule has 0 aliphatic rings. The summed E-state index contributed by atoms with van der Waals surface area (Å²) >= 11 is 0. The molecule has 2 aromatic rings. The van der Waals surface area contributed by atoms with Gasteiger partial charge < -0.3 is 9.64 Å². The summed E-state index contributed by atoms with van der Waals surface area (Å²) in [6.07, 6.45) is -0.645. The molecule has 1 amide bonds. The maximum atomic E-state index is 12.6. The van der Waals surface area contributed by atoms with Gasteiger partial charge in [-0.05, 0) is 50.6 Å². The quantitative estimate of drug-likeness (QED) is 0.839. The van der Waals surface area contributed by atoms with Crippen LogP contribution in [0.5, 0.6) is 5.75 Å². The fraction of sp³-hybridized carbons (Fsp3) is 0.316. The van der Waals surface area contributed by atoms with Crippen LogP contribution in [0.4, 0.5) is 0 Å². The normalized spacial score (nSPS) is 13.7. The molecular weight excluding hydrogens is 352 g/mol. The fourth-order valence-corrected chi connectivity index (χ4v) is 3.02. The highest BCUT2D eigenvalue weighted by Crippen LogP contribution is 2.22. The monoisotopic (exact) mass is 376 g/mol. The number of ether oxygens (including phenoxy) is 1. The molecule has 140 valence electrons. The number of nitrogens with zero attached hydrogens (tertiary/aromatic N) is 1. The molecule has 0 aliphatic carbocycles. The summed E-state index contributed by atoms with van der Waals surface area (Å²) in [6.45, 7) is 5.55. The Morgan fingerprint density at radius 2 is 1.58 bits per heavy atom. The summed E-state index contributed by atoms with van der Waals surface area (Å²) in [6, 6.07) is 13.4. The highest BCUT2D eigenvalue weighted by molar-refractivity contribution is 7.89. The van der Waals surface area contributed by atoms with Crippen LogP contribution in [-0.2, 0) is 14.8 Å². The molecule has 2 atom stereocenters. The van der Waals surface area contributed by atoms with Crippen molar-refractivity contribution < 1.29 is 17.9 Å². The molecule has 0 saturated heterocycles. The number of nitrogens with two attached hydrogens (primary N) is 1. The molecule has 0 bridgehead atoms. The molecule has 0 heterocycles. The molecule has 0 radical (unpaired) electrons. The van der Waals surface area contributed by atoms with Crippen LogP contribution in [-0.4, -0.2) is 32.4 Å². The summed E-state index contributed by atoms with van der Waals surface area (Å²) < 4.78 is 28.4. The van der Waals surface area contributed by atoms with E-state index in [1.165, 1.54) is 12.1 Å². The minimum atomic E-state index is -3.73. The maximum Gasteiger partial charge on any atom is 0.263 e. The van der Waals surface area contributed by atoms with Gasteiger partial charge in [0, 0.05) is 7.05 Å². The van der Waals surface area contributed by atoms with Crippen LogP contribution >= 0.6 is 0 Å². The second kappa shape index (κ2) is 7.88. The lowest BCUT2D eigenvalue weighted by Gasteiger charge is -2.28.